The van der Waals surface area contributed by atoms with Gasteiger partial charge in [-0.1, -0.05) is 19.1 Å². The van der Waals surface area contributed by atoms with E-state index in [0.717, 1.165) is 29.0 Å². The summed E-state index contributed by atoms with van der Waals surface area (Å²) >= 11 is 0. The number of carbonyl (C=O) groups is 1. The van der Waals surface area contributed by atoms with Crippen LogP contribution < -0.4 is 10.5 Å². The Morgan fingerprint density at radius 2 is 1.85 bits per heavy atom. The highest BCUT2D eigenvalue weighted by Gasteiger charge is 2.27. The standard InChI is InChI=1S/C25H25FN2O5S/c1-3-18-19(6-9-23(24(18)26)34(2,31)32)25(30)28-10-11-33-22-8-5-15(12-17(22)14-28)16-4-7-20(27)21(29)13-16/h4-9,12-13,29H,3,10-11,14,27H2,1-2H3. The van der Waals surface area contributed by atoms with E-state index in [2.05, 4.69) is 0 Å². The number of nitrogens with two attached hydrogens (primary N) is 1. The smallest absolute Gasteiger partial charge is 0.254 e. The zero-order valence-corrected chi connectivity index (χ0v) is 19.7. The van der Waals surface area contributed by atoms with Crippen LogP contribution in [0.5, 0.6) is 11.5 Å². The van der Waals surface area contributed by atoms with Crippen LogP contribution in [-0.2, 0) is 22.8 Å². The first kappa shape index (κ1) is 23.6. The van der Waals surface area contributed by atoms with Gasteiger partial charge >= 0.3 is 0 Å². The quantitative estimate of drug-likeness (QED) is 0.431. The number of nitrogens with zero attached hydrogens (tertiary/aromatic N) is 1. The molecule has 1 amide bonds. The molecule has 178 valence electrons. The molecule has 4 rings (SSSR count). The topological polar surface area (TPSA) is 110 Å². The van der Waals surface area contributed by atoms with Crippen molar-refractivity contribution in [1.29, 1.82) is 0 Å². The van der Waals surface area contributed by atoms with E-state index in [1.54, 1.807) is 30.0 Å². The largest absolute Gasteiger partial charge is 0.506 e. The second kappa shape index (κ2) is 8.98. The number of anilines is 1. The van der Waals surface area contributed by atoms with Crippen LogP contribution >= 0.6 is 0 Å². The highest BCUT2D eigenvalue weighted by molar-refractivity contribution is 7.90. The van der Waals surface area contributed by atoms with E-state index in [-0.39, 0.29) is 48.7 Å². The fourth-order valence-corrected chi connectivity index (χ4v) is 4.84. The van der Waals surface area contributed by atoms with Crippen molar-refractivity contribution in [2.24, 2.45) is 0 Å². The van der Waals surface area contributed by atoms with Crippen molar-refractivity contribution in [2.75, 3.05) is 25.1 Å². The molecule has 34 heavy (non-hydrogen) atoms. The van der Waals surface area contributed by atoms with E-state index in [0.29, 0.717) is 5.75 Å². The number of fused-ring (bicyclic) bond motifs is 1. The molecular weight excluding hydrogens is 459 g/mol. The Bertz CT molecular complexity index is 1390. The molecule has 0 spiro atoms. The molecule has 3 aromatic rings. The van der Waals surface area contributed by atoms with Gasteiger partial charge in [0.25, 0.3) is 5.91 Å². The summed E-state index contributed by atoms with van der Waals surface area (Å²) in [5, 5.41) is 9.96. The minimum atomic E-state index is -3.76. The SMILES string of the molecule is CCc1c(C(=O)N2CCOc3ccc(-c4ccc(N)c(O)c4)cc3C2)ccc(S(C)(=O)=O)c1F. The Hall–Kier alpha value is -3.59. The number of nitrogen functional groups attached to an aromatic ring is 1. The zero-order valence-electron chi connectivity index (χ0n) is 18.8. The summed E-state index contributed by atoms with van der Waals surface area (Å²) in [5.74, 6) is -0.671. The molecule has 0 fully saturated rings. The van der Waals surface area contributed by atoms with Crippen molar-refractivity contribution in [1.82, 2.24) is 4.90 Å². The van der Waals surface area contributed by atoms with Crippen LogP contribution in [0.4, 0.5) is 10.1 Å². The molecule has 0 bridgehead atoms. The molecule has 1 aliphatic rings. The first-order valence-corrected chi connectivity index (χ1v) is 12.6. The van der Waals surface area contributed by atoms with E-state index in [9.17, 15) is 22.7 Å². The Labute approximate surface area is 197 Å². The molecule has 0 saturated heterocycles. The van der Waals surface area contributed by atoms with Gasteiger partial charge in [0.05, 0.1) is 12.2 Å². The number of hydrogen-bond acceptors (Lipinski definition) is 6. The predicted molar refractivity (Wildman–Crippen MR) is 127 cm³/mol. The van der Waals surface area contributed by atoms with Gasteiger partial charge < -0.3 is 20.5 Å². The molecule has 1 heterocycles. The maximum Gasteiger partial charge on any atom is 0.254 e. The summed E-state index contributed by atoms with van der Waals surface area (Å²) in [6.07, 6.45) is 1.11. The number of halogens is 1. The molecule has 3 N–H and O–H groups in total. The molecule has 0 radical (unpaired) electrons. The normalized spacial score (nSPS) is 13.7. The lowest BCUT2D eigenvalue weighted by Gasteiger charge is -2.22. The molecule has 0 saturated carbocycles. The highest BCUT2D eigenvalue weighted by Crippen LogP contribution is 2.33. The Morgan fingerprint density at radius 1 is 1.15 bits per heavy atom. The van der Waals surface area contributed by atoms with Crippen LogP contribution in [0.2, 0.25) is 0 Å². The lowest BCUT2D eigenvalue weighted by atomic mass is 10.0. The number of ether oxygens (including phenoxy) is 1. The van der Waals surface area contributed by atoms with Gasteiger partial charge in [-0.05, 0) is 53.9 Å². The van der Waals surface area contributed by atoms with Crippen molar-refractivity contribution in [3.8, 4) is 22.6 Å². The summed E-state index contributed by atoms with van der Waals surface area (Å²) in [6.45, 7) is 2.44. The van der Waals surface area contributed by atoms with Gasteiger partial charge in [0.1, 0.15) is 28.8 Å². The maximum absolute atomic E-state index is 15.0. The van der Waals surface area contributed by atoms with Crippen molar-refractivity contribution in [2.45, 2.75) is 24.8 Å². The van der Waals surface area contributed by atoms with Crippen molar-refractivity contribution in [3.05, 3.63) is 71.0 Å². The van der Waals surface area contributed by atoms with E-state index in [1.165, 1.54) is 6.07 Å². The number of rotatable bonds is 4. The van der Waals surface area contributed by atoms with Crippen LogP contribution in [0, 0.1) is 5.82 Å². The highest BCUT2D eigenvalue weighted by atomic mass is 32.2. The van der Waals surface area contributed by atoms with E-state index in [1.807, 2.05) is 18.2 Å². The second-order valence-corrected chi connectivity index (χ2v) is 10.2. The second-order valence-electron chi connectivity index (χ2n) is 8.20. The molecule has 0 aromatic heterocycles. The van der Waals surface area contributed by atoms with Crippen molar-refractivity contribution in [3.63, 3.8) is 0 Å². The van der Waals surface area contributed by atoms with Crippen molar-refractivity contribution < 1.29 is 27.4 Å². The fraction of sp³-hybridized carbons (Fsp3) is 0.240. The van der Waals surface area contributed by atoms with Gasteiger partial charge in [0, 0.05) is 29.5 Å². The molecule has 9 heteroatoms. The summed E-state index contributed by atoms with van der Waals surface area (Å²) in [5.41, 5.74) is 8.50. The van der Waals surface area contributed by atoms with Gasteiger partial charge in [-0.15, -0.1) is 0 Å². The minimum Gasteiger partial charge on any atom is -0.506 e. The predicted octanol–water partition coefficient (Wildman–Crippen LogP) is 3.78. The first-order valence-electron chi connectivity index (χ1n) is 10.8. The summed E-state index contributed by atoms with van der Waals surface area (Å²) in [4.78, 5) is 14.5. The fourth-order valence-electron chi connectivity index (χ4n) is 4.07. The van der Waals surface area contributed by atoms with Gasteiger partial charge in [-0.3, -0.25) is 4.79 Å². The Kier molecular flexibility index (Phi) is 6.22. The van der Waals surface area contributed by atoms with Crippen LogP contribution in [0.1, 0.15) is 28.4 Å². The van der Waals surface area contributed by atoms with Gasteiger partial charge in [0.15, 0.2) is 9.84 Å². The Morgan fingerprint density at radius 3 is 2.53 bits per heavy atom. The number of sulfone groups is 1. The third kappa shape index (κ3) is 4.43. The lowest BCUT2D eigenvalue weighted by Crippen LogP contribution is -2.33. The van der Waals surface area contributed by atoms with Gasteiger partial charge in [0.2, 0.25) is 0 Å². The van der Waals surface area contributed by atoms with Crippen LogP contribution in [-0.4, -0.2) is 43.7 Å². The molecule has 7 nitrogen and oxygen atoms in total. The average molecular weight is 485 g/mol. The van der Waals surface area contributed by atoms with E-state index >= 15 is 0 Å². The number of phenols is 1. The Balaban J connectivity index is 1.69. The number of phenolic OH excluding ortho intramolecular Hbond substituents is 1. The number of amides is 1. The van der Waals surface area contributed by atoms with Gasteiger partial charge in [-0.25, -0.2) is 12.8 Å². The van der Waals surface area contributed by atoms with Crippen LogP contribution in [0.3, 0.4) is 0 Å². The third-order valence-corrected chi connectivity index (χ3v) is 7.00. The first-order chi connectivity index (χ1) is 16.1. The summed E-state index contributed by atoms with van der Waals surface area (Å²) in [7, 11) is -3.76. The van der Waals surface area contributed by atoms with E-state index < -0.39 is 26.5 Å². The van der Waals surface area contributed by atoms with Gasteiger partial charge in [-0.2, -0.15) is 0 Å². The molecule has 1 aliphatic heterocycles. The third-order valence-electron chi connectivity index (χ3n) is 5.88. The number of benzene rings is 3. The average Bonchev–Trinajstić information content (AvgIpc) is 3.01. The summed E-state index contributed by atoms with van der Waals surface area (Å²) < 4.78 is 44.6. The monoisotopic (exact) mass is 484 g/mol. The minimum absolute atomic E-state index is 0.0211. The van der Waals surface area contributed by atoms with E-state index in [4.69, 9.17) is 10.5 Å². The molecule has 0 atom stereocenters. The molecule has 0 unspecified atom stereocenters. The zero-order chi connectivity index (χ0) is 24.6. The van der Waals surface area contributed by atoms with Crippen LogP contribution in [0.25, 0.3) is 11.1 Å². The molecule has 0 aliphatic carbocycles. The number of aromatic hydroxyl groups is 1. The number of hydrogen-bond donors (Lipinski definition) is 2. The molecular formula is C25H25FN2O5S. The van der Waals surface area contributed by atoms with Crippen molar-refractivity contribution >= 4 is 21.4 Å². The van der Waals surface area contributed by atoms with Crippen LogP contribution in [0.15, 0.2) is 53.4 Å². The maximum atomic E-state index is 15.0. The molecule has 3 aromatic carbocycles. The summed E-state index contributed by atoms with van der Waals surface area (Å²) in [6, 6.07) is 13.0. The number of carbonyl (C=O) groups excluding carboxylic acids is 1. The lowest BCUT2D eigenvalue weighted by molar-refractivity contribution is 0.0731.